The summed E-state index contributed by atoms with van der Waals surface area (Å²) < 4.78 is 7.49. The van der Waals surface area contributed by atoms with E-state index < -0.39 is 0 Å². The van der Waals surface area contributed by atoms with Gasteiger partial charge in [0.15, 0.2) is 11.6 Å². The van der Waals surface area contributed by atoms with Crippen molar-refractivity contribution in [1.82, 2.24) is 14.9 Å². The average Bonchev–Trinajstić information content (AvgIpc) is 2.93. The van der Waals surface area contributed by atoms with Crippen molar-refractivity contribution in [3.63, 3.8) is 0 Å². The van der Waals surface area contributed by atoms with Crippen LogP contribution in [0.25, 0.3) is 0 Å². The van der Waals surface area contributed by atoms with Crippen LogP contribution in [0.4, 0.5) is 0 Å². The zero-order valence-electron chi connectivity index (χ0n) is 12.6. The molecule has 0 spiro atoms. The standard InChI is InChI=1S/C16H11Cl3N4OS/c17-11-6-12(18)15(13(19)7-11)24-9-14-21-22-16(25)23(14)20-8-10-4-2-1-3-5-10/h1-8H,9H2,(H,22,25)/b20-8+. The lowest BCUT2D eigenvalue weighted by atomic mass is 10.2. The van der Waals surface area contributed by atoms with Crippen LogP contribution in [0.5, 0.6) is 5.75 Å². The highest BCUT2D eigenvalue weighted by atomic mass is 35.5. The molecule has 1 heterocycles. The van der Waals surface area contributed by atoms with Gasteiger partial charge < -0.3 is 4.74 Å². The molecule has 0 aliphatic heterocycles. The molecule has 0 fully saturated rings. The van der Waals surface area contributed by atoms with Crippen LogP contribution in [-0.4, -0.2) is 21.1 Å². The van der Waals surface area contributed by atoms with Crippen molar-refractivity contribution < 1.29 is 4.74 Å². The zero-order valence-corrected chi connectivity index (χ0v) is 15.7. The van der Waals surface area contributed by atoms with Crippen molar-refractivity contribution in [3.05, 3.63) is 73.7 Å². The van der Waals surface area contributed by atoms with Gasteiger partial charge in [0.2, 0.25) is 4.77 Å². The van der Waals surface area contributed by atoms with Crippen molar-refractivity contribution in [2.75, 3.05) is 0 Å². The zero-order chi connectivity index (χ0) is 17.8. The molecule has 3 rings (SSSR count). The van der Waals surface area contributed by atoms with Crippen molar-refractivity contribution in [2.45, 2.75) is 6.61 Å². The fraction of sp³-hybridized carbons (Fsp3) is 0.0625. The number of aromatic amines is 1. The summed E-state index contributed by atoms with van der Waals surface area (Å²) in [4.78, 5) is 0. The molecule has 0 saturated heterocycles. The summed E-state index contributed by atoms with van der Waals surface area (Å²) >= 11 is 23.3. The molecule has 5 nitrogen and oxygen atoms in total. The van der Waals surface area contributed by atoms with E-state index in [1.165, 1.54) is 4.68 Å². The van der Waals surface area contributed by atoms with E-state index >= 15 is 0 Å². The molecule has 0 atom stereocenters. The van der Waals surface area contributed by atoms with E-state index in [1.807, 2.05) is 30.3 Å². The maximum Gasteiger partial charge on any atom is 0.216 e. The fourth-order valence-corrected chi connectivity index (χ4v) is 3.13. The smallest absolute Gasteiger partial charge is 0.216 e. The molecule has 1 N–H and O–H groups in total. The van der Waals surface area contributed by atoms with Gasteiger partial charge >= 0.3 is 0 Å². The van der Waals surface area contributed by atoms with Crippen LogP contribution in [-0.2, 0) is 6.61 Å². The first kappa shape index (κ1) is 17.9. The molecule has 0 unspecified atom stereocenters. The summed E-state index contributed by atoms with van der Waals surface area (Å²) in [5.74, 6) is 0.791. The van der Waals surface area contributed by atoms with E-state index in [-0.39, 0.29) is 6.61 Å². The summed E-state index contributed by atoms with van der Waals surface area (Å²) in [6, 6.07) is 12.7. The number of hydrogen-bond donors (Lipinski definition) is 1. The Morgan fingerprint density at radius 1 is 1.16 bits per heavy atom. The molecule has 0 radical (unpaired) electrons. The van der Waals surface area contributed by atoms with Crippen molar-refractivity contribution in [2.24, 2.45) is 5.10 Å². The Balaban J connectivity index is 1.81. The molecule has 1 aromatic heterocycles. The molecule has 9 heteroatoms. The molecule has 128 valence electrons. The Kier molecular flexibility index (Phi) is 5.75. The first-order valence-corrected chi connectivity index (χ1v) is 8.62. The van der Waals surface area contributed by atoms with Gasteiger partial charge in [-0.2, -0.15) is 14.9 Å². The van der Waals surface area contributed by atoms with Crippen LogP contribution in [0.2, 0.25) is 15.1 Å². The topological polar surface area (TPSA) is 55.2 Å². The van der Waals surface area contributed by atoms with Crippen LogP contribution >= 0.6 is 47.0 Å². The molecule has 0 aliphatic rings. The Bertz CT molecular complexity index is 946. The Labute approximate surface area is 163 Å². The van der Waals surface area contributed by atoms with Gasteiger partial charge in [0.1, 0.15) is 6.61 Å². The number of benzene rings is 2. The predicted octanol–water partition coefficient (Wildman–Crippen LogP) is 5.36. The van der Waals surface area contributed by atoms with Gasteiger partial charge in [0.25, 0.3) is 0 Å². The molecule has 3 aromatic rings. The molecule has 0 amide bonds. The molecule has 2 aromatic carbocycles. The van der Waals surface area contributed by atoms with Crippen LogP contribution in [0.1, 0.15) is 11.4 Å². The third-order valence-corrected chi connectivity index (χ3v) is 4.19. The third-order valence-electron chi connectivity index (χ3n) is 3.15. The minimum Gasteiger partial charge on any atom is -0.482 e. The quantitative estimate of drug-likeness (QED) is 0.452. The van der Waals surface area contributed by atoms with Gasteiger partial charge in [0.05, 0.1) is 16.3 Å². The molecule has 0 aliphatic carbocycles. The largest absolute Gasteiger partial charge is 0.482 e. The number of rotatable bonds is 5. The van der Waals surface area contributed by atoms with Gasteiger partial charge in [-0.25, -0.2) is 5.10 Å². The molecular formula is C16H11Cl3N4OS. The summed E-state index contributed by atoms with van der Waals surface area (Å²) in [7, 11) is 0. The molecule has 0 saturated carbocycles. The second-order valence-electron chi connectivity index (χ2n) is 4.90. The van der Waals surface area contributed by atoms with Crippen molar-refractivity contribution in [1.29, 1.82) is 0 Å². The van der Waals surface area contributed by atoms with Crippen LogP contribution < -0.4 is 4.74 Å². The van der Waals surface area contributed by atoms with Gasteiger partial charge in [-0.3, -0.25) is 0 Å². The number of nitrogens with one attached hydrogen (secondary N) is 1. The number of ether oxygens (including phenoxy) is 1. The second kappa shape index (κ2) is 8.01. The molecule has 25 heavy (non-hydrogen) atoms. The number of halogens is 3. The summed E-state index contributed by atoms with van der Waals surface area (Å²) in [6.07, 6.45) is 1.68. The Hall–Kier alpha value is -1.86. The predicted molar refractivity (Wildman–Crippen MR) is 103 cm³/mol. The highest BCUT2D eigenvalue weighted by Gasteiger charge is 2.12. The second-order valence-corrected chi connectivity index (χ2v) is 6.54. The van der Waals surface area contributed by atoms with E-state index in [9.17, 15) is 0 Å². The van der Waals surface area contributed by atoms with Gasteiger partial charge in [-0.05, 0) is 29.9 Å². The maximum atomic E-state index is 6.11. The van der Waals surface area contributed by atoms with E-state index in [4.69, 9.17) is 51.8 Å². The Morgan fingerprint density at radius 3 is 2.52 bits per heavy atom. The first-order chi connectivity index (χ1) is 12.0. The molecule has 0 bridgehead atoms. The van der Waals surface area contributed by atoms with E-state index in [2.05, 4.69) is 15.3 Å². The lowest BCUT2D eigenvalue weighted by Gasteiger charge is -2.09. The lowest BCUT2D eigenvalue weighted by molar-refractivity contribution is 0.291. The highest BCUT2D eigenvalue weighted by molar-refractivity contribution is 7.71. The van der Waals surface area contributed by atoms with Gasteiger partial charge in [-0.1, -0.05) is 65.1 Å². The average molecular weight is 414 g/mol. The SMILES string of the molecule is S=c1[nH]nc(COc2c(Cl)cc(Cl)cc2Cl)n1/N=C/c1ccccc1. The summed E-state index contributed by atoms with van der Waals surface area (Å²) in [5, 5.41) is 12.2. The maximum absolute atomic E-state index is 6.11. The normalized spacial score (nSPS) is 11.2. The number of hydrogen-bond acceptors (Lipinski definition) is 4. The number of nitrogens with zero attached hydrogens (tertiary/aromatic N) is 3. The Morgan fingerprint density at radius 2 is 1.84 bits per heavy atom. The summed E-state index contributed by atoms with van der Waals surface area (Å²) in [5.41, 5.74) is 0.932. The van der Waals surface area contributed by atoms with Crippen LogP contribution in [0.3, 0.4) is 0 Å². The number of H-pyrrole nitrogens is 1. The monoisotopic (exact) mass is 412 g/mol. The van der Waals surface area contributed by atoms with E-state index in [1.54, 1.807) is 18.3 Å². The van der Waals surface area contributed by atoms with Crippen LogP contribution in [0, 0.1) is 4.77 Å². The highest BCUT2D eigenvalue weighted by Crippen LogP contribution is 2.36. The third kappa shape index (κ3) is 4.41. The first-order valence-electron chi connectivity index (χ1n) is 7.07. The fourth-order valence-electron chi connectivity index (χ4n) is 2.00. The summed E-state index contributed by atoms with van der Waals surface area (Å²) in [6.45, 7) is 0.0698. The van der Waals surface area contributed by atoms with E-state index in [0.717, 1.165) is 5.56 Å². The van der Waals surface area contributed by atoms with Crippen LogP contribution in [0.15, 0.2) is 47.6 Å². The molecular weight excluding hydrogens is 403 g/mol. The minimum absolute atomic E-state index is 0.0698. The van der Waals surface area contributed by atoms with Crippen molar-refractivity contribution in [3.8, 4) is 5.75 Å². The van der Waals surface area contributed by atoms with E-state index in [0.29, 0.717) is 31.4 Å². The van der Waals surface area contributed by atoms with Crippen molar-refractivity contribution >= 4 is 53.2 Å². The number of aromatic nitrogens is 3. The van der Waals surface area contributed by atoms with Gasteiger partial charge in [-0.15, -0.1) is 0 Å². The lowest BCUT2D eigenvalue weighted by Crippen LogP contribution is -2.04. The van der Waals surface area contributed by atoms with Gasteiger partial charge in [0, 0.05) is 5.02 Å². The minimum atomic E-state index is 0.0698.